The van der Waals surface area contributed by atoms with E-state index >= 15 is 0 Å². The number of nitrogens with zero attached hydrogens (tertiary/aromatic N) is 1. The average Bonchev–Trinajstić information content (AvgIpc) is 2.63. The molecule has 2 aromatic rings. The third-order valence-corrected chi connectivity index (χ3v) is 5.93. The molecule has 1 heterocycles. The van der Waals surface area contributed by atoms with E-state index in [0.29, 0.717) is 11.1 Å². The Balaban J connectivity index is 2.03. The van der Waals surface area contributed by atoms with Crippen LogP contribution in [0.3, 0.4) is 0 Å². The van der Waals surface area contributed by atoms with Crippen molar-refractivity contribution in [2.24, 2.45) is 0 Å². The lowest BCUT2D eigenvalue weighted by Crippen LogP contribution is -2.12. The number of benzene rings is 1. The van der Waals surface area contributed by atoms with E-state index in [0.717, 1.165) is 12.3 Å². The summed E-state index contributed by atoms with van der Waals surface area (Å²) in [5, 5.41) is -0.313. The highest BCUT2D eigenvalue weighted by Crippen LogP contribution is 2.30. The van der Waals surface area contributed by atoms with Crippen molar-refractivity contribution in [2.75, 3.05) is 12.0 Å². The van der Waals surface area contributed by atoms with Crippen LogP contribution in [0.1, 0.15) is 41.6 Å². The molecule has 4 nitrogen and oxygen atoms in total. The van der Waals surface area contributed by atoms with Crippen molar-refractivity contribution in [3.63, 3.8) is 0 Å². The molecular formula is C20H20ClF4NO3S. The van der Waals surface area contributed by atoms with E-state index in [2.05, 4.69) is 4.98 Å². The zero-order valence-corrected chi connectivity index (χ0v) is 17.8. The quantitative estimate of drug-likeness (QED) is 0.415. The molecule has 1 aromatic carbocycles. The first kappa shape index (κ1) is 24.3. The van der Waals surface area contributed by atoms with Gasteiger partial charge in [-0.2, -0.15) is 13.2 Å². The van der Waals surface area contributed by atoms with Crippen molar-refractivity contribution in [2.45, 2.75) is 38.3 Å². The number of pyridine rings is 1. The first-order valence-electron chi connectivity index (χ1n) is 8.99. The summed E-state index contributed by atoms with van der Waals surface area (Å²) in [7, 11) is -3.23. The van der Waals surface area contributed by atoms with Crippen LogP contribution in [-0.2, 0) is 33.6 Å². The smallest absolute Gasteiger partial charge is 0.299 e. The Bertz CT molecular complexity index is 1040. The van der Waals surface area contributed by atoms with Gasteiger partial charge in [0.2, 0.25) is 0 Å². The number of aromatic nitrogens is 1. The molecule has 1 unspecified atom stereocenters. The number of aryl methyl sites for hydroxylation is 2. The van der Waals surface area contributed by atoms with Gasteiger partial charge in [-0.05, 0) is 41.7 Å². The van der Waals surface area contributed by atoms with Crippen LogP contribution in [0.4, 0.5) is 17.6 Å². The molecule has 0 aliphatic rings. The molecule has 10 heteroatoms. The SMILES string of the molecule is CC(C(=O)CCc1ccc(C(F)(F)F)nc1Cl)c1ccc(CCS(C)(=O)=O)c(F)c1. The van der Waals surface area contributed by atoms with Crippen molar-refractivity contribution >= 4 is 27.2 Å². The lowest BCUT2D eigenvalue weighted by atomic mass is 9.92. The van der Waals surface area contributed by atoms with Gasteiger partial charge in [0, 0.05) is 18.6 Å². The normalized spacial score (nSPS) is 13.3. The molecule has 0 bridgehead atoms. The van der Waals surface area contributed by atoms with E-state index in [1.54, 1.807) is 13.0 Å². The standard InChI is InChI=1S/C20H20ClF4NO3S/c1-12(15-4-3-13(16(22)11-15)9-10-30(2,28)29)17(27)7-5-14-6-8-18(20(23,24)25)26-19(14)21/h3-4,6,8,11-12H,5,7,9-10H2,1-2H3. The number of carbonyl (C=O) groups excluding carboxylic acids is 1. The number of hydrogen-bond donors (Lipinski definition) is 0. The van der Waals surface area contributed by atoms with Crippen LogP contribution in [0, 0.1) is 5.82 Å². The van der Waals surface area contributed by atoms with Crippen LogP contribution >= 0.6 is 11.6 Å². The summed E-state index contributed by atoms with van der Waals surface area (Å²) in [4.78, 5) is 15.8. The van der Waals surface area contributed by atoms with Gasteiger partial charge in [-0.3, -0.25) is 4.79 Å². The minimum absolute atomic E-state index is 0.00855. The Morgan fingerprint density at radius 1 is 1.13 bits per heavy atom. The number of ketones is 1. The van der Waals surface area contributed by atoms with Gasteiger partial charge >= 0.3 is 6.18 Å². The molecule has 0 N–H and O–H groups in total. The molecule has 0 saturated carbocycles. The molecule has 0 saturated heterocycles. The predicted molar refractivity (Wildman–Crippen MR) is 106 cm³/mol. The molecule has 2 rings (SSSR count). The van der Waals surface area contributed by atoms with E-state index in [1.165, 1.54) is 18.2 Å². The monoisotopic (exact) mass is 465 g/mol. The molecule has 1 aromatic heterocycles. The van der Waals surface area contributed by atoms with E-state index in [9.17, 15) is 30.8 Å². The summed E-state index contributed by atoms with van der Waals surface area (Å²) in [6.07, 6.45) is -3.41. The number of alkyl halides is 3. The number of sulfone groups is 1. The summed E-state index contributed by atoms with van der Waals surface area (Å²) >= 11 is 5.80. The highest BCUT2D eigenvalue weighted by atomic mass is 35.5. The Hall–Kier alpha value is -2.00. The van der Waals surface area contributed by atoms with Crippen LogP contribution in [0.15, 0.2) is 30.3 Å². The average molecular weight is 466 g/mol. The Morgan fingerprint density at radius 3 is 2.30 bits per heavy atom. The van der Waals surface area contributed by atoms with E-state index in [4.69, 9.17) is 11.6 Å². The number of rotatable bonds is 8. The van der Waals surface area contributed by atoms with Crippen molar-refractivity contribution < 1.29 is 30.8 Å². The van der Waals surface area contributed by atoms with E-state index in [-0.39, 0.29) is 41.5 Å². The van der Waals surface area contributed by atoms with Crippen molar-refractivity contribution in [3.8, 4) is 0 Å². The maximum absolute atomic E-state index is 14.3. The molecule has 164 valence electrons. The second kappa shape index (κ2) is 9.43. The first-order valence-corrected chi connectivity index (χ1v) is 11.4. The van der Waals surface area contributed by atoms with Gasteiger partial charge in [0.05, 0.1) is 5.75 Å². The topological polar surface area (TPSA) is 64.1 Å². The summed E-state index contributed by atoms with van der Waals surface area (Å²) in [6, 6.07) is 6.21. The summed E-state index contributed by atoms with van der Waals surface area (Å²) in [5.74, 6) is -1.66. The Labute approximate surface area is 177 Å². The van der Waals surface area contributed by atoms with Crippen LogP contribution in [-0.4, -0.2) is 31.2 Å². The van der Waals surface area contributed by atoms with Gasteiger partial charge in [0.15, 0.2) is 0 Å². The zero-order valence-electron chi connectivity index (χ0n) is 16.3. The van der Waals surface area contributed by atoms with Gasteiger partial charge in [-0.25, -0.2) is 17.8 Å². The van der Waals surface area contributed by atoms with Gasteiger partial charge in [0.1, 0.15) is 32.3 Å². The fraction of sp³-hybridized carbons (Fsp3) is 0.400. The predicted octanol–water partition coefficient (Wildman–Crippen LogP) is 4.79. The summed E-state index contributed by atoms with van der Waals surface area (Å²) < 4.78 is 74.6. The molecule has 0 aliphatic heterocycles. The van der Waals surface area contributed by atoms with Crippen molar-refractivity contribution in [3.05, 3.63) is 63.7 Å². The second-order valence-electron chi connectivity index (χ2n) is 7.06. The molecule has 1 atom stereocenters. The van der Waals surface area contributed by atoms with E-state index in [1.807, 2.05) is 0 Å². The fourth-order valence-electron chi connectivity index (χ4n) is 2.80. The third-order valence-electron chi connectivity index (χ3n) is 4.66. The Kier molecular flexibility index (Phi) is 7.63. The largest absolute Gasteiger partial charge is 0.433 e. The zero-order chi connectivity index (χ0) is 22.7. The number of Topliss-reactive ketones (excluding diaryl/α,β-unsaturated/α-hetero) is 1. The highest BCUT2D eigenvalue weighted by Gasteiger charge is 2.33. The van der Waals surface area contributed by atoms with Crippen molar-refractivity contribution in [1.82, 2.24) is 4.98 Å². The number of halogens is 5. The van der Waals surface area contributed by atoms with Gasteiger partial charge in [-0.1, -0.05) is 36.7 Å². The van der Waals surface area contributed by atoms with E-state index < -0.39 is 33.4 Å². The van der Waals surface area contributed by atoms with Crippen molar-refractivity contribution in [1.29, 1.82) is 0 Å². The fourth-order valence-corrected chi connectivity index (χ4v) is 3.64. The molecule has 0 radical (unpaired) electrons. The van der Waals surface area contributed by atoms with Gasteiger partial charge in [0.25, 0.3) is 0 Å². The lowest BCUT2D eigenvalue weighted by molar-refractivity contribution is -0.141. The first-order chi connectivity index (χ1) is 13.8. The molecule has 0 fully saturated rings. The highest BCUT2D eigenvalue weighted by molar-refractivity contribution is 7.90. The number of carbonyl (C=O) groups is 1. The third kappa shape index (κ3) is 6.77. The lowest BCUT2D eigenvalue weighted by Gasteiger charge is -2.13. The van der Waals surface area contributed by atoms with Crippen LogP contribution in [0.2, 0.25) is 5.15 Å². The van der Waals surface area contributed by atoms with Gasteiger partial charge < -0.3 is 0 Å². The molecule has 0 amide bonds. The minimum Gasteiger partial charge on any atom is -0.299 e. The summed E-state index contributed by atoms with van der Waals surface area (Å²) in [5.41, 5.74) is -0.126. The van der Waals surface area contributed by atoms with Gasteiger partial charge in [-0.15, -0.1) is 0 Å². The second-order valence-corrected chi connectivity index (χ2v) is 9.68. The maximum atomic E-state index is 14.3. The molecular weight excluding hydrogens is 446 g/mol. The summed E-state index contributed by atoms with van der Waals surface area (Å²) in [6.45, 7) is 1.60. The minimum atomic E-state index is -4.61. The maximum Gasteiger partial charge on any atom is 0.433 e. The molecule has 30 heavy (non-hydrogen) atoms. The molecule has 0 spiro atoms. The van der Waals surface area contributed by atoms with Crippen LogP contribution in [0.25, 0.3) is 0 Å². The number of hydrogen-bond acceptors (Lipinski definition) is 4. The molecule has 0 aliphatic carbocycles. The Morgan fingerprint density at radius 2 is 1.77 bits per heavy atom. The van der Waals surface area contributed by atoms with Crippen LogP contribution in [0.5, 0.6) is 0 Å². The van der Waals surface area contributed by atoms with Crippen LogP contribution < -0.4 is 0 Å².